The van der Waals surface area contributed by atoms with E-state index in [1.807, 2.05) is 17.7 Å². The van der Waals surface area contributed by atoms with E-state index in [9.17, 15) is 0 Å². The van der Waals surface area contributed by atoms with Gasteiger partial charge in [-0.3, -0.25) is 4.68 Å². The molecule has 0 unspecified atom stereocenters. The van der Waals surface area contributed by atoms with Crippen molar-refractivity contribution >= 4 is 28.4 Å². The van der Waals surface area contributed by atoms with Gasteiger partial charge in [0.15, 0.2) is 0 Å². The second-order valence-corrected chi connectivity index (χ2v) is 2.81. The summed E-state index contributed by atoms with van der Waals surface area (Å²) in [6.07, 6.45) is 0. The summed E-state index contributed by atoms with van der Waals surface area (Å²) in [6, 6.07) is 1.85. The smallest absolute Gasteiger partial charge is 0.146 e. The van der Waals surface area contributed by atoms with E-state index in [0.29, 0.717) is 5.82 Å². The highest BCUT2D eigenvalue weighted by Crippen LogP contribution is 2.07. The average Bonchev–Trinajstić information content (AvgIpc) is 2.10. The largest absolute Gasteiger partial charge is 0.382 e. The number of aryl methyl sites for hydroxylation is 1. The lowest BCUT2D eigenvalue weighted by Gasteiger charge is -1.93. The van der Waals surface area contributed by atoms with Crippen molar-refractivity contribution in [3.8, 4) is 0 Å². The Morgan fingerprint density at radius 1 is 1.89 bits per heavy atom. The van der Waals surface area contributed by atoms with Crippen LogP contribution in [0.5, 0.6) is 0 Å². The first-order valence-electron chi connectivity index (χ1n) is 2.73. The van der Waals surface area contributed by atoms with E-state index in [-0.39, 0.29) is 0 Å². The van der Waals surface area contributed by atoms with Gasteiger partial charge < -0.3 is 5.73 Å². The number of rotatable bonds is 1. The van der Waals surface area contributed by atoms with E-state index < -0.39 is 0 Å². The second kappa shape index (κ2) is 2.55. The molecule has 0 bridgehead atoms. The summed E-state index contributed by atoms with van der Waals surface area (Å²) in [7, 11) is 0. The fraction of sp³-hybridized carbons (Fsp3) is 0.400. The molecule has 0 saturated carbocycles. The maximum Gasteiger partial charge on any atom is 0.146 e. The maximum atomic E-state index is 5.42. The first kappa shape index (κ1) is 6.85. The summed E-state index contributed by atoms with van der Waals surface area (Å²) >= 11 is 2.20. The zero-order valence-electron chi connectivity index (χ0n) is 5.13. The minimum absolute atomic E-state index is 0.598. The van der Waals surface area contributed by atoms with Crippen LogP contribution >= 0.6 is 22.6 Å². The van der Waals surface area contributed by atoms with Crippen LogP contribution in [0.15, 0.2) is 6.07 Å². The molecule has 9 heavy (non-hydrogen) atoms. The standard InChI is InChI=1S/C5H8IN3/c1-2-9-4(6)3-5(7)8-9/h3H,2H2,1H3,(H2,7,8). The molecule has 0 atom stereocenters. The van der Waals surface area contributed by atoms with Gasteiger partial charge in [-0.1, -0.05) is 0 Å². The molecule has 4 heteroatoms. The van der Waals surface area contributed by atoms with Crippen LogP contribution < -0.4 is 5.73 Å². The normalized spacial score (nSPS) is 10.0. The van der Waals surface area contributed by atoms with Gasteiger partial charge in [-0.2, -0.15) is 5.10 Å². The molecule has 3 nitrogen and oxygen atoms in total. The molecule has 50 valence electrons. The SMILES string of the molecule is CCn1nc(N)cc1I. The molecule has 0 radical (unpaired) electrons. The number of anilines is 1. The van der Waals surface area contributed by atoms with Crippen LogP contribution in [0.4, 0.5) is 5.82 Å². The second-order valence-electron chi connectivity index (χ2n) is 1.71. The molecule has 0 fully saturated rings. The number of hydrogen-bond acceptors (Lipinski definition) is 2. The zero-order valence-corrected chi connectivity index (χ0v) is 7.29. The Balaban J connectivity index is 3.01. The van der Waals surface area contributed by atoms with Gasteiger partial charge in [-0.15, -0.1) is 0 Å². The highest BCUT2D eigenvalue weighted by Gasteiger charge is 1.97. The third-order valence-electron chi connectivity index (χ3n) is 1.05. The number of nitrogens with zero attached hydrogens (tertiary/aromatic N) is 2. The zero-order chi connectivity index (χ0) is 6.85. The molecule has 0 aromatic carbocycles. The van der Waals surface area contributed by atoms with Gasteiger partial charge in [0, 0.05) is 12.6 Å². The van der Waals surface area contributed by atoms with Crippen molar-refractivity contribution < 1.29 is 0 Å². The van der Waals surface area contributed by atoms with Crippen LogP contribution in [-0.2, 0) is 6.54 Å². The Morgan fingerprint density at radius 3 is 2.78 bits per heavy atom. The third-order valence-corrected chi connectivity index (χ3v) is 1.92. The monoisotopic (exact) mass is 237 g/mol. The van der Waals surface area contributed by atoms with Crippen LogP contribution in [0, 0.1) is 3.70 Å². The highest BCUT2D eigenvalue weighted by atomic mass is 127. The Bertz CT molecular complexity index is 206. The van der Waals surface area contributed by atoms with Crippen LogP contribution in [0.1, 0.15) is 6.92 Å². The summed E-state index contributed by atoms with van der Waals surface area (Å²) in [5, 5.41) is 4.02. The molecule has 1 rings (SSSR count). The first-order chi connectivity index (χ1) is 4.24. The van der Waals surface area contributed by atoms with E-state index in [2.05, 4.69) is 27.7 Å². The van der Waals surface area contributed by atoms with Crippen molar-refractivity contribution in [2.24, 2.45) is 0 Å². The van der Waals surface area contributed by atoms with Crippen molar-refractivity contribution in [2.75, 3.05) is 5.73 Å². The molecule has 1 aromatic heterocycles. The summed E-state index contributed by atoms with van der Waals surface area (Å²) in [4.78, 5) is 0. The summed E-state index contributed by atoms with van der Waals surface area (Å²) in [5.41, 5.74) is 5.42. The van der Waals surface area contributed by atoms with Crippen molar-refractivity contribution in [3.63, 3.8) is 0 Å². The Labute approximate surface area is 67.4 Å². The molecule has 0 spiro atoms. The van der Waals surface area contributed by atoms with Gasteiger partial charge in [0.05, 0.1) is 0 Å². The molecular formula is C5H8IN3. The lowest BCUT2D eigenvalue weighted by atomic mass is 10.7. The van der Waals surface area contributed by atoms with Crippen molar-refractivity contribution in [2.45, 2.75) is 13.5 Å². The van der Waals surface area contributed by atoms with Gasteiger partial charge in [0.25, 0.3) is 0 Å². The van der Waals surface area contributed by atoms with Gasteiger partial charge in [0.2, 0.25) is 0 Å². The highest BCUT2D eigenvalue weighted by molar-refractivity contribution is 14.1. The summed E-state index contributed by atoms with van der Waals surface area (Å²) < 4.78 is 2.95. The average molecular weight is 237 g/mol. The van der Waals surface area contributed by atoms with Gasteiger partial charge in [0.1, 0.15) is 9.52 Å². The molecule has 0 aliphatic heterocycles. The Morgan fingerprint density at radius 2 is 2.56 bits per heavy atom. The molecule has 2 N–H and O–H groups in total. The lowest BCUT2D eigenvalue weighted by molar-refractivity contribution is 0.646. The van der Waals surface area contributed by atoms with E-state index in [1.165, 1.54) is 0 Å². The van der Waals surface area contributed by atoms with Crippen molar-refractivity contribution in [3.05, 3.63) is 9.77 Å². The number of halogens is 1. The number of nitrogens with two attached hydrogens (primary N) is 1. The topological polar surface area (TPSA) is 43.8 Å². The molecule has 0 saturated heterocycles. The number of aromatic nitrogens is 2. The molecular weight excluding hydrogens is 229 g/mol. The van der Waals surface area contributed by atoms with Gasteiger partial charge >= 0.3 is 0 Å². The van der Waals surface area contributed by atoms with E-state index in [1.54, 1.807) is 0 Å². The Hall–Kier alpha value is -0.260. The molecule has 1 aromatic rings. The van der Waals surface area contributed by atoms with Crippen LogP contribution in [0.25, 0.3) is 0 Å². The summed E-state index contributed by atoms with van der Waals surface area (Å²) in [6.45, 7) is 2.92. The van der Waals surface area contributed by atoms with Crippen LogP contribution in [-0.4, -0.2) is 9.78 Å². The van der Waals surface area contributed by atoms with Gasteiger partial charge in [-0.25, -0.2) is 0 Å². The quantitative estimate of drug-likeness (QED) is 0.743. The fourth-order valence-corrected chi connectivity index (χ4v) is 1.40. The van der Waals surface area contributed by atoms with Crippen LogP contribution in [0.3, 0.4) is 0 Å². The van der Waals surface area contributed by atoms with E-state index >= 15 is 0 Å². The minimum atomic E-state index is 0.598. The predicted octanol–water partition coefficient (Wildman–Crippen LogP) is 1.09. The summed E-state index contributed by atoms with van der Waals surface area (Å²) in [5.74, 6) is 0.598. The molecule has 0 aliphatic rings. The van der Waals surface area contributed by atoms with E-state index in [0.717, 1.165) is 10.2 Å². The third kappa shape index (κ3) is 1.35. The fourth-order valence-electron chi connectivity index (χ4n) is 0.634. The molecule has 0 aliphatic carbocycles. The predicted molar refractivity (Wildman–Crippen MR) is 45.0 cm³/mol. The first-order valence-corrected chi connectivity index (χ1v) is 3.80. The molecule has 1 heterocycles. The Kier molecular flexibility index (Phi) is 1.94. The number of nitrogen functional groups attached to an aromatic ring is 1. The molecule has 0 amide bonds. The minimum Gasteiger partial charge on any atom is -0.382 e. The van der Waals surface area contributed by atoms with Crippen molar-refractivity contribution in [1.29, 1.82) is 0 Å². The van der Waals surface area contributed by atoms with Gasteiger partial charge in [-0.05, 0) is 29.5 Å². The van der Waals surface area contributed by atoms with E-state index in [4.69, 9.17) is 5.73 Å². The number of hydrogen-bond donors (Lipinski definition) is 1. The lowest BCUT2D eigenvalue weighted by Crippen LogP contribution is -1.98. The van der Waals surface area contributed by atoms with Crippen LogP contribution in [0.2, 0.25) is 0 Å². The maximum absolute atomic E-state index is 5.42. The van der Waals surface area contributed by atoms with Crippen molar-refractivity contribution in [1.82, 2.24) is 9.78 Å².